The van der Waals surface area contributed by atoms with Crippen molar-refractivity contribution >= 4 is 0 Å². The molecule has 0 aromatic carbocycles. The minimum atomic E-state index is -0.284. The Hall–Kier alpha value is -0.880. The number of allylic oxidation sites excluding steroid dienone is 1. The van der Waals surface area contributed by atoms with E-state index in [9.17, 15) is 0 Å². The number of hydrogen-bond acceptors (Lipinski definition) is 5. The van der Waals surface area contributed by atoms with E-state index in [1.807, 2.05) is 18.2 Å². The molecule has 70 valence electrons. The van der Waals surface area contributed by atoms with Gasteiger partial charge in [-0.15, -0.1) is 0 Å². The van der Waals surface area contributed by atoms with Gasteiger partial charge >= 0.3 is 0 Å². The number of ether oxygens (including phenoxy) is 2. The Kier molecular flexibility index (Phi) is 1.13. The van der Waals surface area contributed by atoms with Crippen LogP contribution in [0.1, 0.15) is 6.42 Å². The maximum atomic E-state index is 5.50. The van der Waals surface area contributed by atoms with Crippen LogP contribution in [0.4, 0.5) is 0 Å². The summed E-state index contributed by atoms with van der Waals surface area (Å²) in [6, 6.07) is 0. The molecule has 1 saturated carbocycles. The van der Waals surface area contributed by atoms with E-state index in [-0.39, 0.29) is 11.2 Å². The number of nitrogens with two attached hydrogens (primary N) is 2. The minimum absolute atomic E-state index is 0.216. The molecule has 4 N–H and O–H groups in total. The molecule has 0 bridgehead atoms. The van der Waals surface area contributed by atoms with Gasteiger partial charge < -0.3 is 9.47 Å². The summed E-state index contributed by atoms with van der Waals surface area (Å²) >= 11 is 0. The zero-order valence-corrected chi connectivity index (χ0v) is 7.06. The van der Waals surface area contributed by atoms with Crippen molar-refractivity contribution in [3.8, 4) is 0 Å². The summed E-state index contributed by atoms with van der Waals surface area (Å²) in [4.78, 5) is 0. The van der Waals surface area contributed by atoms with Gasteiger partial charge in [0.05, 0.1) is 5.70 Å². The van der Waals surface area contributed by atoms with Gasteiger partial charge in [0.15, 0.2) is 0 Å². The first-order chi connectivity index (χ1) is 6.18. The smallest absolute Gasteiger partial charge is 0.149 e. The fraction of sp³-hybridized carbons (Fsp3) is 0.500. The zero-order valence-electron chi connectivity index (χ0n) is 7.06. The molecule has 0 radical (unpaired) electrons. The highest BCUT2D eigenvalue weighted by molar-refractivity contribution is 5.46. The maximum absolute atomic E-state index is 5.50. The maximum Gasteiger partial charge on any atom is 0.149 e. The molecule has 0 aromatic rings. The fourth-order valence-corrected chi connectivity index (χ4v) is 2.06. The Labute approximate surface area is 75.5 Å². The molecule has 2 fully saturated rings. The van der Waals surface area contributed by atoms with Crippen molar-refractivity contribution in [1.29, 1.82) is 0 Å². The van der Waals surface area contributed by atoms with Gasteiger partial charge in [0.25, 0.3) is 0 Å². The Bertz CT molecular complexity index is 325. The van der Waals surface area contributed by atoms with Gasteiger partial charge in [0.1, 0.15) is 18.0 Å². The molecule has 1 aliphatic heterocycles. The van der Waals surface area contributed by atoms with E-state index in [0.717, 1.165) is 17.2 Å². The van der Waals surface area contributed by atoms with E-state index in [1.54, 1.807) is 0 Å². The van der Waals surface area contributed by atoms with Crippen LogP contribution in [-0.4, -0.2) is 23.1 Å². The summed E-state index contributed by atoms with van der Waals surface area (Å²) in [5, 5.41) is 1.09. The van der Waals surface area contributed by atoms with Crippen LogP contribution in [0.5, 0.6) is 0 Å². The lowest BCUT2D eigenvalue weighted by molar-refractivity contribution is -0.0132. The first kappa shape index (κ1) is 7.52. The van der Waals surface area contributed by atoms with Gasteiger partial charge in [-0.25, -0.2) is 16.8 Å². The zero-order chi connectivity index (χ0) is 9.10. The van der Waals surface area contributed by atoms with Crippen molar-refractivity contribution in [3.63, 3.8) is 0 Å². The predicted octanol–water partition coefficient (Wildman–Crippen LogP) is -0.625. The lowest BCUT2D eigenvalue weighted by Gasteiger charge is -2.19. The van der Waals surface area contributed by atoms with Crippen LogP contribution in [0.25, 0.3) is 0 Å². The molecule has 5 nitrogen and oxygen atoms in total. The topological polar surface area (TPSA) is 73.7 Å². The number of hydrazine groups is 2. The monoisotopic (exact) mass is 181 g/mol. The fourth-order valence-electron chi connectivity index (χ4n) is 2.06. The first-order valence-electron chi connectivity index (χ1n) is 4.17. The highest BCUT2D eigenvalue weighted by Gasteiger charge is 2.72. The average Bonchev–Trinajstić information content (AvgIpc) is 2.60. The third-order valence-corrected chi connectivity index (χ3v) is 2.95. The van der Waals surface area contributed by atoms with Gasteiger partial charge in [-0.2, -0.15) is 0 Å². The van der Waals surface area contributed by atoms with Crippen LogP contribution >= 0.6 is 0 Å². The molecule has 2 unspecified atom stereocenters. The normalized spacial score (nSPS) is 45.2. The van der Waals surface area contributed by atoms with Crippen LogP contribution in [0.2, 0.25) is 0 Å². The molecule has 3 aliphatic rings. The lowest BCUT2D eigenvalue weighted by atomic mass is 10.1. The summed E-state index contributed by atoms with van der Waals surface area (Å²) < 4.78 is 11.0. The Balaban J connectivity index is 1.99. The number of rotatable bonds is 1. The second kappa shape index (κ2) is 1.96. The van der Waals surface area contributed by atoms with Crippen molar-refractivity contribution < 1.29 is 9.47 Å². The summed E-state index contributed by atoms with van der Waals surface area (Å²) in [6.07, 6.45) is 6.63. The quantitative estimate of drug-likeness (QED) is 0.416. The molecule has 5 heteroatoms. The molecular formula is C8H11N3O2. The third kappa shape index (κ3) is 0.750. The van der Waals surface area contributed by atoms with Crippen molar-refractivity contribution in [3.05, 3.63) is 23.9 Å². The summed E-state index contributed by atoms with van der Waals surface area (Å²) in [5.41, 5.74) is 0.263. The second-order valence-corrected chi connectivity index (χ2v) is 3.67. The molecule has 0 spiro atoms. The SMILES string of the molecule is NN(N)C1=CC23CC2(C=C1)OCO3. The molecular weight excluding hydrogens is 170 g/mol. The van der Waals surface area contributed by atoms with E-state index < -0.39 is 0 Å². The van der Waals surface area contributed by atoms with Gasteiger partial charge in [0.2, 0.25) is 0 Å². The molecule has 2 atom stereocenters. The predicted molar refractivity (Wildman–Crippen MR) is 44.6 cm³/mol. The van der Waals surface area contributed by atoms with Crippen LogP contribution in [0.3, 0.4) is 0 Å². The van der Waals surface area contributed by atoms with E-state index in [0.29, 0.717) is 6.79 Å². The highest BCUT2D eigenvalue weighted by Crippen LogP contribution is 2.61. The van der Waals surface area contributed by atoms with E-state index in [4.69, 9.17) is 21.2 Å². The van der Waals surface area contributed by atoms with Crippen molar-refractivity contribution in [2.45, 2.75) is 17.6 Å². The Morgan fingerprint density at radius 2 is 2.08 bits per heavy atom. The molecule has 3 rings (SSSR count). The van der Waals surface area contributed by atoms with Crippen LogP contribution in [0.15, 0.2) is 23.9 Å². The van der Waals surface area contributed by atoms with Crippen LogP contribution < -0.4 is 11.7 Å². The van der Waals surface area contributed by atoms with Crippen LogP contribution in [0, 0.1) is 0 Å². The van der Waals surface area contributed by atoms with E-state index in [1.165, 1.54) is 0 Å². The molecule has 0 aromatic heterocycles. The Morgan fingerprint density at radius 3 is 2.85 bits per heavy atom. The summed E-state index contributed by atoms with van der Waals surface area (Å²) in [6.45, 7) is 0.350. The highest BCUT2D eigenvalue weighted by atomic mass is 16.7. The summed E-state index contributed by atoms with van der Waals surface area (Å²) in [7, 11) is 0. The molecule has 2 aliphatic carbocycles. The van der Waals surface area contributed by atoms with Crippen molar-refractivity contribution in [2.75, 3.05) is 6.79 Å². The van der Waals surface area contributed by atoms with Gasteiger partial charge in [-0.05, 0) is 18.2 Å². The standard InChI is InChI=1S/C8H11N3O2/c9-11(10)6-1-2-7-4-8(7,3-6)13-5-12-7/h1-3H,4-5,9-10H2. The van der Waals surface area contributed by atoms with Crippen LogP contribution in [-0.2, 0) is 9.47 Å². The Morgan fingerprint density at radius 1 is 1.31 bits per heavy atom. The van der Waals surface area contributed by atoms with Gasteiger partial charge in [-0.3, -0.25) is 0 Å². The molecule has 0 amide bonds. The van der Waals surface area contributed by atoms with Gasteiger partial charge in [0, 0.05) is 6.42 Å². The van der Waals surface area contributed by atoms with E-state index in [2.05, 4.69) is 0 Å². The summed E-state index contributed by atoms with van der Waals surface area (Å²) in [5.74, 6) is 10.8. The second-order valence-electron chi connectivity index (χ2n) is 3.67. The molecule has 1 heterocycles. The van der Waals surface area contributed by atoms with E-state index >= 15 is 0 Å². The van der Waals surface area contributed by atoms with Gasteiger partial charge in [-0.1, -0.05) is 0 Å². The lowest BCUT2D eigenvalue weighted by Crippen LogP contribution is -2.38. The molecule has 1 saturated heterocycles. The first-order valence-corrected chi connectivity index (χ1v) is 4.17. The average molecular weight is 181 g/mol. The third-order valence-electron chi connectivity index (χ3n) is 2.95. The molecule has 13 heavy (non-hydrogen) atoms. The van der Waals surface area contributed by atoms with Crippen molar-refractivity contribution in [1.82, 2.24) is 5.12 Å². The number of hydrogen-bond donors (Lipinski definition) is 2. The largest absolute Gasteiger partial charge is 0.341 e. The number of nitrogens with zero attached hydrogens (tertiary/aromatic N) is 1. The van der Waals surface area contributed by atoms with Crippen molar-refractivity contribution in [2.24, 2.45) is 11.7 Å². The minimum Gasteiger partial charge on any atom is -0.341 e.